The van der Waals surface area contributed by atoms with E-state index < -0.39 is 6.10 Å². The van der Waals surface area contributed by atoms with Crippen LogP contribution in [0.15, 0.2) is 24.0 Å². The van der Waals surface area contributed by atoms with Gasteiger partial charge in [0.15, 0.2) is 0 Å². The summed E-state index contributed by atoms with van der Waals surface area (Å²) in [5.41, 5.74) is 0. The van der Waals surface area contributed by atoms with Crippen molar-refractivity contribution in [1.82, 2.24) is 0 Å². The average Bonchev–Trinajstić information content (AvgIpc) is 1.87. The lowest BCUT2D eigenvalue weighted by atomic mass is 10.2. The first-order valence-electron chi connectivity index (χ1n) is 2.88. The molecule has 0 aromatic rings. The Balaban J connectivity index is 3.88. The van der Waals surface area contributed by atoms with Crippen LogP contribution in [0.5, 0.6) is 0 Å². The highest BCUT2D eigenvalue weighted by atomic mass is 16.3. The van der Waals surface area contributed by atoms with Gasteiger partial charge in [-0.1, -0.05) is 12.2 Å². The number of rotatable bonds is 2. The Bertz CT molecular complexity index is 125. The first-order chi connectivity index (χ1) is 4.22. The summed E-state index contributed by atoms with van der Waals surface area (Å²) in [5.74, 6) is -0.00639. The second kappa shape index (κ2) is 4.15. The third-order valence-electron chi connectivity index (χ3n) is 0.974. The molecule has 1 atom stereocenters. The summed E-state index contributed by atoms with van der Waals surface area (Å²) < 4.78 is 0. The van der Waals surface area contributed by atoms with Crippen LogP contribution >= 0.6 is 0 Å². The molecule has 2 nitrogen and oxygen atoms in total. The minimum Gasteiger partial charge on any atom is -0.510 e. The van der Waals surface area contributed by atoms with E-state index in [0.717, 1.165) is 0 Å². The van der Waals surface area contributed by atoms with Crippen LogP contribution in [0.2, 0.25) is 0 Å². The van der Waals surface area contributed by atoms with Gasteiger partial charge in [0.05, 0.1) is 0 Å². The molecule has 1 unspecified atom stereocenters. The predicted octanol–water partition coefficient (Wildman–Crippen LogP) is 1.39. The molecule has 0 bridgehead atoms. The van der Waals surface area contributed by atoms with Crippen LogP contribution in [-0.4, -0.2) is 16.3 Å². The molecule has 2 heteroatoms. The van der Waals surface area contributed by atoms with Crippen LogP contribution in [0.4, 0.5) is 0 Å². The third-order valence-corrected chi connectivity index (χ3v) is 0.974. The molecular formula is C7H12O2. The van der Waals surface area contributed by atoms with Crippen LogP contribution in [-0.2, 0) is 0 Å². The zero-order valence-electron chi connectivity index (χ0n) is 5.70. The van der Waals surface area contributed by atoms with E-state index >= 15 is 0 Å². The van der Waals surface area contributed by atoms with E-state index in [-0.39, 0.29) is 5.76 Å². The van der Waals surface area contributed by atoms with Crippen molar-refractivity contribution in [2.45, 2.75) is 20.0 Å². The van der Waals surface area contributed by atoms with Crippen molar-refractivity contribution in [2.75, 3.05) is 0 Å². The van der Waals surface area contributed by atoms with Crippen LogP contribution in [0.3, 0.4) is 0 Å². The monoisotopic (exact) mass is 128 g/mol. The Labute approximate surface area is 55.1 Å². The van der Waals surface area contributed by atoms with Crippen LogP contribution in [0.25, 0.3) is 0 Å². The highest BCUT2D eigenvalue weighted by Crippen LogP contribution is 1.97. The Morgan fingerprint density at radius 3 is 2.33 bits per heavy atom. The number of aliphatic hydroxyl groups excluding tert-OH is 2. The van der Waals surface area contributed by atoms with Crippen molar-refractivity contribution in [2.24, 2.45) is 0 Å². The van der Waals surface area contributed by atoms with Crippen molar-refractivity contribution in [3.63, 3.8) is 0 Å². The van der Waals surface area contributed by atoms with Crippen molar-refractivity contribution in [1.29, 1.82) is 0 Å². The molecule has 0 aromatic carbocycles. The van der Waals surface area contributed by atoms with Gasteiger partial charge in [-0.25, -0.2) is 0 Å². The molecule has 0 heterocycles. The summed E-state index contributed by atoms with van der Waals surface area (Å²) in [6, 6.07) is 0. The van der Waals surface area contributed by atoms with Crippen molar-refractivity contribution in [3.8, 4) is 0 Å². The van der Waals surface area contributed by atoms with Crippen LogP contribution < -0.4 is 0 Å². The minimum absolute atomic E-state index is 0.00639. The van der Waals surface area contributed by atoms with Crippen molar-refractivity contribution >= 4 is 0 Å². The number of hydrogen-bond donors (Lipinski definition) is 2. The summed E-state index contributed by atoms with van der Waals surface area (Å²) >= 11 is 0. The molecule has 0 amide bonds. The molecule has 2 N–H and O–H groups in total. The summed E-state index contributed by atoms with van der Waals surface area (Å²) in [5, 5.41) is 17.7. The summed E-state index contributed by atoms with van der Waals surface area (Å²) in [6.45, 7) is 3.45. The molecule has 0 saturated carbocycles. The predicted molar refractivity (Wildman–Crippen MR) is 37.2 cm³/mol. The van der Waals surface area contributed by atoms with Crippen LogP contribution in [0, 0.1) is 0 Å². The van der Waals surface area contributed by atoms with Gasteiger partial charge in [0, 0.05) is 0 Å². The molecular weight excluding hydrogens is 116 g/mol. The van der Waals surface area contributed by atoms with E-state index in [4.69, 9.17) is 10.2 Å². The molecule has 0 spiro atoms. The largest absolute Gasteiger partial charge is 0.510 e. The maximum atomic E-state index is 8.91. The third kappa shape index (κ3) is 2.93. The van der Waals surface area contributed by atoms with Gasteiger partial charge in [-0.2, -0.15) is 0 Å². The molecule has 0 saturated heterocycles. The van der Waals surface area contributed by atoms with Crippen molar-refractivity contribution in [3.05, 3.63) is 24.0 Å². The first kappa shape index (κ1) is 8.24. The minimum atomic E-state index is -0.833. The highest BCUT2D eigenvalue weighted by Gasteiger charge is 2.00. The Morgan fingerprint density at radius 2 is 2.00 bits per heavy atom. The number of hydrogen-bond acceptors (Lipinski definition) is 2. The lowest BCUT2D eigenvalue weighted by Crippen LogP contribution is -2.04. The quantitative estimate of drug-likeness (QED) is 0.435. The van der Waals surface area contributed by atoms with Gasteiger partial charge < -0.3 is 10.2 Å². The summed E-state index contributed by atoms with van der Waals surface area (Å²) in [4.78, 5) is 0. The zero-order chi connectivity index (χ0) is 7.28. The Hall–Kier alpha value is -0.760. The molecule has 0 aliphatic heterocycles. The molecule has 0 aliphatic rings. The normalized spacial score (nSPS) is 16.6. The SMILES string of the molecule is CC=CC(O)C(O)=CC. The van der Waals surface area contributed by atoms with Gasteiger partial charge in [0.25, 0.3) is 0 Å². The maximum absolute atomic E-state index is 8.91. The van der Waals surface area contributed by atoms with E-state index in [1.807, 2.05) is 0 Å². The molecule has 0 rings (SSSR count). The lowest BCUT2D eigenvalue weighted by Gasteiger charge is -2.01. The number of allylic oxidation sites excluding steroid dienone is 2. The van der Waals surface area contributed by atoms with Gasteiger partial charge in [0.1, 0.15) is 11.9 Å². The summed E-state index contributed by atoms with van der Waals surface area (Å²) in [6.07, 6.45) is 3.82. The van der Waals surface area contributed by atoms with Crippen LogP contribution in [0.1, 0.15) is 13.8 Å². The second-order valence-electron chi connectivity index (χ2n) is 1.68. The van der Waals surface area contributed by atoms with Gasteiger partial charge in [0.2, 0.25) is 0 Å². The fourth-order valence-corrected chi connectivity index (χ4v) is 0.452. The second-order valence-corrected chi connectivity index (χ2v) is 1.68. The number of aliphatic hydroxyl groups is 2. The molecule has 0 fully saturated rings. The van der Waals surface area contributed by atoms with Gasteiger partial charge >= 0.3 is 0 Å². The molecule has 0 aromatic heterocycles. The van der Waals surface area contributed by atoms with Crippen molar-refractivity contribution < 1.29 is 10.2 Å². The standard InChI is InChI=1S/C7H12O2/c1-3-5-7(9)6(8)4-2/h3-5,7-9H,1-2H3. The topological polar surface area (TPSA) is 40.5 Å². The summed E-state index contributed by atoms with van der Waals surface area (Å²) in [7, 11) is 0. The average molecular weight is 128 g/mol. The highest BCUT2D eigenvalue weighted by molar-refractivity contribution is 5.05. The van der Waals surface area contributed by atoms with E-state index in [1.54, 1.807) is 19.9 Å². The first-order valence-corrected chi connectivity index (χ1v) is 2.88. The van der Waals surface area contributed by atoms with E-state index in [0.29, 0.717) is 0 Å². The molecule has 0 aliphatic carbocycles. The van der Waals surface area contributed by atoms with E-state index in [2.05, 4.69) is 0 Å². The lowest BCUT2D eigenvalue weighted by molar-refractivity contribution is 0.192. The van der Waals surface area contributed by atoms with Gasteiger partial charge in [-0.3, -0.25) is 0 Å². The fourth-order valence-electron chi connectivity index (χ4n) is 0.452. The molecule has 0 radical (unpaired) electrons. The Kier molecular flexibility index (Phi) is 3.80. The maximum Gasteiger partial charge on any atom is 0.129 e. The Morgan fingerprint density at radius 1 is 1.44 bits per heavy atom. The van der Waals surface area contributed by atoms with E-state index in [9.17, 15) is 0 Å². The molecule has 9 heavy (non-hydrogen) atoms. The van der Waals surface area contributed by atoms with Gasteiger partial charge in [-0.15, -0.1) is 0 Å². The molecule has 52 valence electrons. The fraction of sp³-hybridized carbons (Fsp3) is 0.429. The zero-order valence-corrected chi connectivity index (χ0v) is 5.70. The van der Waals surface area contributed by atoms with E-state index in [1.165, 1.54) is 12.2 Å². The smallest absolute Gasteiger partial charge is 0.129 e. The van der Waals surface area contributed by atoms with Gasteiger partial charge in [-0.05, 0) is 19.9 Å².